The van der Waals surface area contributed by atoms with Crippen LogP contribution in [0, 0.1) is 0 Å². The molecule has 8 heteroatoms. The normalized spacial score (nSPS) is 18.2. The maximum atomic E-state index is 12.8. The van der Waals surface area contributed by atoms with E-state index < -0.39 is 10.0 Å². The molecule has 1 atom stereocenters. The van der Waals surface area contributed by atoms with Crippen LogP contribution < -0.4 is 5.32 Å². The van der Waals surface area contributed by atoms with E-state index in [9.17, 15) is 13.2 Å². The van der Waals surface area contributed by atoms with Gasteiger partial charge in [-0.2, -0.15) is 4.31 Å². The lowest BCUT2D eigenvalue weighted by Crippen LogP contribution is -2.44. The lowest BCUT2D eigenvalue weighted by Gasteiger charge is -2.23. The largest absolute Gasteiger partial charge is 0.351 e. The molecule has 0 radical (unpaired) electrons. The molecule has 1 aromatic rings. The van der Waals surface area contributed by atoms with Gasteiger partial charge in [-0.05, 0) is 52.7 Å². The molecule has 0 unspecified atom stereocenters. The number of pyridine rings is 1. The van der Waals surface area contributed by atoms with Crippen LogP contribution >= 0.6 is 11.8 Å². The number of rotatable bonds is 5. The number of nitrogens with zero attached hydrogens (tertiary/aromatic N) is 2. The highest BCUT2D eigenvalue weighted by atomic mass is 32.2. The van der Waals surface area contributed by atoms with Crippen LogP contribution in [0.1, 0.15) is 53.4 Å². The second-order valence-corrected chi connectivity index (χ2v) is 10.9. The lowest BCUT2D eigenvalue weighted by molar-refractivity contribution is -0.121. The minimum Gasteiger partial charge on any atom is -0.351 e. The molecule has 6 nitrogen and oxygen atoms in total. The summed E-state index contributed by atoms with van der Waals surface area (Å²) in [6.45, 7) is 8.76. The summed E-state index contributed by atoms with van der Waals surface area (Å²) < 4.78 is 27.1. The minimum atomic E-state index is -3.49. The molecule has 0 spiro atoms. The van der Waals surface area contributed by atoms with Crippen molar-refractivity contribution in [2.75, 3.05) is 13.1 Å². The highest BCUT2D eigenvalue weighted by Gasteiger charge is 2.26. The van der Waals surface area contributed by atoms with Gasteiger partial charge in [-0.15, -0.1) is 0 Å². The van der Waals surface area contributed by atoms with Gasteiger partial charge in [0.15, 0.2) is 0 Å². The summed E-state index contributed by atoms with van der Waals surface area (Å²) in [6.07, 6.45) is 5.36. The van der Waals surface area contributed by atoms with E-state index in [-0.39, 0.29) is 21.6 Å². The van der Waals surface area contributed by atoms with Gasteiger partial charge in [0.05, 0.1) is 10.3 Å². The van der Waals surface area contributed by atoms with Gasteiger partial charge >= 0.3 is 0 Å². The van der Waals surface area contributed by atoms with Crippen LogP contribution in [0.2, 0.25) is 0 Å². The van der Waals surface area contributed by atoms with Gasteiger partial charge in [0.2, 0.25) is 15.9 Å². The predicted molar refractivity (Wildman–Crippen MR) is 105 cm³/mol. The number of hydrogen-bond acceptors (Lipinski definition) is 5. The molecule has 1 aromatic heterocycles. The van der Waals surface area contributed by atoms with E-state index in [0.29, 0.717) is 18.1 Å². The fraction of sp³-hybridized carbons (Fsp3) is 0.667. The third-order valence-electron chi connectivity index (χ3n) is 4.08. The van der Waals surface area contributed by atoms with Crippen LogP contribution in [0.3, 0.4) is 0 Å². The molecule has 0 bridgehead atoms. The zero-order chi connectivity index (χ0) is 19.4. The summed E-state index contributed by atoms with van der Waals surface area (Å²) in [5, 5.41) is 3.26. The molecular formula is C18H29N3O3S2. The zero-order valence-corrected chi connectivity index (χ0v) is 17.6. The smallest absolute Gasteiger partial charge is 0.244 e. The molecule has 0 aromatic carbocycles. The van der Waals surface area contributed by atoms with Gasteiger partial charge in [0, 0.05) is 24.8 Å². The fourth-order valence-electron chi connectivity index (χ4n) is 2.73. The number of thioether (sulfide) groups is 1. The average Bonchev–Trinajstić information content (AvgIpc) is 2.83. The predicted octanol–water partition coefficient (Wildman–Crippen LogP) is 3.04. The van der Waals surface area contributed by atoms with E-state index >= 15 is 0 Å². The third-order valence-corrected chi connectivity index (χ3v) is 7.01. The Morgan fingerprint density at radius 3 is 2.31 bits per heavy atom. The molecular weight excluding hydrogens is 370 g/mol. The SMILES string of the molecule is C[C@@H](Sc1ccc(S(=O)(=O)N2CCCCCC2)cn1)C(=O)NC(C)(C)C. The molecule has 0 aliphatic carbocycles. The number of hydrogen-bond donors (Lipinski definition) is 1. The number of carbonyl (C=O) groups excluding carboxylic acids is 1. The molecule has 1 amide bonds. The number of carbonyl (C=O) groups is 1. The van der Waals surface area contributed by atoms with Gasteiger partial charge in [-0.25, -0.2) is 13.4 Å². The molecule has 26 heavy (non-hydrogen) atoms. The van der Waals surface area contributed by atoms with Gasteiger partial charge in [-0.1, -0.05) is 24.6 Å². The van der Waals surface area contributed by atoms with Gasteiger partial charge in [0.1, 0.15) is 4.90 Å². The molecule has 1 aliphatic rings. The summed E-state index contributed by atoms with van der Waals surface area (Å²) in [6, 6.07) is 3.26. The number of nitrogens with one attached hydrogen (secondary N) is 1. The van der Waals surface area contributed by atoms with Crippen molar-refractivity contribution in [2.45, 2.75) is 74.1 Å². The summed E-state index contributed by atoms with van der Waals surface area (Å²) >= 11 is 1.32. The third kappa shape index (κ3) is 5.96. The van der Waals surface area contributed by atoms with Crippen LogP contribution in [0.5, 0.6) is 0 Å². The zero-order valence-electron chi connectivity index (χ0n) is 16.0. The molecule has 1 aliphatic heterocycles. The van der Waals surface area contributed by atoms with E-state index in [1.165, 1.54) is 18.0 Å². The second kappa shape index (κ2) is 8.71. The number of amides is 1. The number of aromatic nitrogens is 1. The van der Waals surface area contributed by atoms with E-state index in [1.54, 1.807) is 16.4 Å². The first kappa shape index (κ1) is 21.2. The molecule has 146 valence electrons. The first-order valence-electron chi connectivity index (χ1n) is 9.04. The Kier molecular flexibility index (Phi) is 7.10. The van der Waals surface area contributed by atoms with Crippen LogP contribution in [-0.2, 0) is 14.8 Å². The Hall–Kier alpha value is -1.12. The fourth-order valence-corrected chi connectivity index (χ4v) is 4.98. The van der Waals surface area contributed by atoms with Crippen molar-refractivity contribution in [3.05, 3.63) is 18.3 Å². The second-order valence-electron chi connectivity index (χ2n) is 7.65. The van der Waals surface area contributed by atoms with Gasteiger partial charge in [0.25, 0.3) is 0 Å². The maximum absolute atomic E-state index is 12.8. The van der Waals surface area contributed by atoms with E-state index in [4.69, 9.17) is 0 Å². The first-order chi connectivity index (χ1) is 12.1. The molecule has 2 rings (SSSR count). The highest BCUT2D eigenvalue weighted by molar-refractivity contribution is 8.00. The van der Waals surface area contributed by atoms with Crippen molar-refractivity contribution in [3.63, 3.8) is 0 Å². The lowest BCUT2D eigenvalue weighted by atomic mass is 10.1. The molecule has 2 heterocycles. The Labute approximate surface area is 161 Å². The molecule has 1 fully saturated rings. The minimum absolute atomic E-state index is 0.0643. The van der Waals surface area contributed by atoms with E-state index in [0.717, 1.165) is 25.7 Å². The maximum Gasteiger partial charge on any atom is 0.244 e. The van der Waals surface area contributed by atoms with Gasteiger partial charge < -0.3 is 5.32 Å². The average molecular weight is 400 g/mol. The van der Waals surface area contributed by atoms with Crippen molar-refractivity contribution < 1.29 is 13.2 Å². The Morgan fingerprint density at radius 2 is 1.81 bits per heavy atom. The Morgan fingerprint density at radius 1 is 1.19 bits per heavy atom. The topological polar surface area (TPSA) is 79.4 Å². The van der Waals surface area contributed by atoms with E-state index in [1.807, 2.05) is 27.7 Å². The van der Waals surface area contributed by atoms with Crippen LogP contribution in [0.15, 0.2) is 28.3 Å². The summed E-state index contributed by atoms with van der Waals surface area (Å²) in [7, 11) is -3.49. The summed E-state index contributed by atoms with van der Waals surface area (Å²) in [5.41, 5.74) is -0.287. The van der Waals surface area contributed by atoms with Crippen molar-refractivity contribution in [1.82, 2.24) is 14.6 Å². The Bertz CT molecular complexity index is 704. The summed E-state index contributed by atoms with van der Waals surface area (Å²) in [5.74, 6) is -0.0643. The van der Waals surface area contributed by atoms with Crippen molar-refractivity contribution >= 4 is 27.7 Å². The van der Waals surface area contributed by atoms with E-state index in [2.05, 4.69) is 10.3 Å². The van der Waals surface area contributed by atoms with Crippen molar-refractivity contribution in [1.29, 1.82) is 0 Å². The molecule has 0 saturated carbocycles. The summed E-state index contributed by atoms with van der Waals surface area (Å²) in [4.78, 5) is 16.6. The van der Waals surface area contributed by atoms with Crippen molar-refractivity contribution in [2.24, 2.45) is 0 Å². The van der Waals surface area contributed by atoms with Crippen LogP contribution in [0.4, 0.5) is 0 Å². The first-order valence-corrected chi connectivity index (χ1v) is 11.4. The van der Waals surface area contributed by atoms with Crippen LogP contribution in [0.25, 0.3) is 0 Å². The van der Waals surface area contributed by atoms with Gasteiger partial charge in [-0.3, -0.25) is 4.79 Å². The molecule has 1 saturated heterocycles. The number of sulfonamides is 1. The monoisotopic (exact) mass is 399 g/mol. The molecule has 1 N–H and O–H groups in total. The van der Waals surface area contributed by atoms with Crippen molar-refractivity contribution in [3.8, 4) is 0 Å². The van der Waals surface area contributed by atoms with Crippen LogP contribution in [-0.4, -0.2) is 47.5 Å². The standard InChI is InChI=1S/C18H29N3O3S2/c1-14(17(22)20-18(2,3)4)25-16-10-9-15(13-19-16)26(23,24)21-11-7-5-6-8-12-21/h9-10,13-14H,5-8,11-12H2,1-4H3,(H,20,22)/t14-/m1/s1. The quantitative estimate of drug-likeness (QED) is 0.770. The highest BCUT2D eigenvalue weighted by Crippen LogP contribution is 2.25. The Balaban J connectivity index is 2.04.